The van der Waals surface area contributed by atoms with Gasteiger partial charge in [-0.3, -0.25) is 0 Å². The van der Waals surface area contributed by atoms with Gasteiger partial charge in [-0.2, -0.15) is 0 Å². The van der Waals surface area contributed by atoms with Crippen molar-refractivity contribution in [2.45, 2.75) is 26.2 Å². The molecule has 0 aliphatic heterocycles. The van der Waals surface area contributed by atoms with Crippen molar-refractivity contribution in [2.75, 3.05) is 0 Å². The van der Waals surface area contributed by atoms with Gasteiger partial charge in [0.2, 0.25) is 0 Å². The number of benzene rings is 3. The molecule has 0 aromatic heterocycles. The van der Waals surface area contributed by atoms with Gasteiger partial charge in [0.25, 0.3) is 0 Å². The lowest BCUT2D eigenvalue weighted by molar-refractivity contribution is 0.796. The molecule has 3 aromatic carbocycles. The maximum atomic E-state index is 2.30. The highest BCUT2D eigenvalue weighted by molar-refractivity contribution is 6.15. The minimum absolute atomic E-state index is 1.18. The zero-order chi connectivity index (χ0) is 13.5. The number of unbranched alkanes of at least 4 members (excludes halogenated alkanes) is 1. The van der Waals surface area contributed by atoms with Crippen molar-refractivity contribution in [1.82, 2.24) is 0 Å². The van der Waals surface area contributed by atoms with Crippen molar-refractivity contribution in [3.8, 4) is 22.3 Å². The van der Waals surface area contributed by atoms with Crippen LogP contribution in [-0.4, -0.2) is 0 Å². The van der Waals surface area contributed by atoms with E-state index in [1.807, 2.05) is 0 Å². The topological polar surface area (TPSA) is 0 Å². The van der Waals surface area contributed by atoms with Crippen LogP contribution >= 0.6 is 0 Å². The molecule has 0 heteroatoms. The largest absolute Gasteiger partial charge is 0.0654 e. The van der Waals surface area contributed by atoms with E-state index in [9.17, 15) is 0 Å². The standard InChI is InChI=1S/C20H18/c1-2-3-7-14-8-4-11-16-17-12-5-9-15-10-6-13-18(19(14)16)20(15)17/h4-6,8-13H,2-3,7H2,1H3. The van der Waals surface area contributed by atoms with E-state index in [2.05, 4.69) is 61.5 Å². The second-order valence-electron chi connectivity index (χ2n) is 5.65. The number of hydrogen-bond acceptors (Lipinski definition) is 0. The van der Waals surface area contributed by atoms with Crippen molar-refractivity contribution < 1.29 is 0 Å². The highest BCUT2D eigenvalue weighted by Crippen LogP contribution is 2.48. The summed E-state index contributed by atoms with van der Waals surface area (Å²) in [5, 5.41) is 2.80. The molecular formula is C20H18. The predicted molar refractivity (Wildman–Crippen MR) is 87.0 cm³/mol. The van der Waals surface area contributed by atoms with E-state index < -0.39 is 0 Å². The summed E-state index contributed by atoms with van der Waals surface area (Å²) in [5.74, 6) is 0. The Hall–Kier alpha value is -2.08. The fraction of sp³-hybridized carbons (Fsp3) is 0.200. The number of fused-ring (bicyclic) bond motifs is 3. The number of aryl methyl sites for hydroxylation is 1. The van der Waals surface area contributed by atoms with Crippen molar-refractivity contribution in [1.29, 1.82) is 0 Å². The molecule has 20 heavy (non-hydrogen) atoms. The third kappa shape index (κ3) is 1.54. The lowest BCUT2D eigenvalue weighted by atomic mass is 9.95. The first-order valence-electron chi connectivity index (χ1n) is 7.54. The van der Waals surface area contributed by atoms with E-state index in [1.54, 1.807) is 0 Å². The molecule has 0 atom stereocenters. The Morgan fingerprint density at radius 1 is 0.750 bits per heavy atom. The van der Waals surface area contributed by atoms with E-state index in [0.717, 1.165) is 0 Å². The van der Waals surface area contributed by atoms with Gasteiger partial charge >= 0.3 is 0 Å². The highest BCUT2D eigenvalue weighted by Gasteiger charge is 2.22. The van der Waals surface area contributed by atoms with Gasteiger partial charge in [-0.15, -0.1) is 0 Å². The zero-order valence-corrected chi connectivity index (χ0v) is 11.8. The zero-order valence-electron chi connectivity index (χ0n) is 11.8. The molecule has 0 radical (unpaired) electrons. The Labute approximate surface area is 120 Å². The fourth-order valence-corrected chi connectivity index (χ4v) is 3.49. The predicted octanol–water partition coefficient (Wildman–Crippen LogP) is 5.83. The molecule has 0 N–H and O–H groups in total. The molecule has 0 nitrogen and oxygen atoms in total. The summed E-state index contributed by atoms with van der Waals surface area (Å²) in [7, 11) is 0. The molecule has 0 unspecified atom stereocenters. The first kappa shape index (κ1) is 11.7. The van der Waals surface area contributed by atoms with Gasteiger partial charge < -0.3 is 0 Å². The van der Waals surface area contributed by atoms with Crippen molar-refractivity contribution >= 4 is 10.8 Å². The summed E-state index contributed by atoms with van der Waals surface area (Å²) in [6, 6.07) is 20.2. The summed E-state index contributed by atoms with van der Waals surface area (Å²) in [6.45, 7) is 2.26. The Bertz CT molecular complexity index is 791. The maximum Gasteiger partial charge on any atom is -0.00263 e. The summed E-state index contributed by atoms with van der Waals surface area (Å²) in [5.41, 5.74) is 7.25. The van der Waals surface area contributed by atoms with Gasteiger partial charge in [-0.05, 0) is 51.4 Å². The fourth-order valence-electron chi connectivity index (χ4n) is 3.49. The van der Waals surface area contributed by atoms with Gasteiger partial charge in [0.05, 0.1) is 0 Å². The average Bonchev–Trinajstić information content (AvgIpc) is 2.83. The van der Waals surface area contributed by atoms with Crippen LogP contribution in [0.25, 0.3) is 33.0 Å². The Morgan fingerprint density at radius 2 is 1.45 bits per heavy atom. The lowest BCUT2D eigenvalue weighted by Crippen LogP contribution is -1.89. The third-order valence-electron chi connectivity index (χ3n) is 4.41. The van der Waals surface area contributed by atoms with Gasteiger partial charge in [0.15, 0.2) is 0 Å². The van der Waals surface area contributed by atoms with Gasteiger partial charge in [-0.25, -0.2) is 0 Å². The van der Waals surface area contributed by atoms with Crippen molar-refractivity contribution in [3.63, 3.8) is 0 Å². The van der Waals surface area contributed by atoms with Crippen LogP contribution in [0.1, 0.15) is 25.3 Å². The number of rotatable bonds is 3. The van der Waals surface area contributed by atoms with Crippen LogP contribution in [0.2, 0.25) is 0 Å². The minimum Gasteiger partial charge on any atom is -0.0654 e. The smallest absolute Gasteiger partial charge is 0.00263 e. The lowest BCUT2D eigenvalue weighted by Gasteiger charge is -2.09. The van der Waals surface area contributed by atoms with Crippen LogP contribution < -0.4 is 0 Å². The second kappa shape index (κ2) is 4.49. The van der Waals surface area contributed by atoms with E-state index in [4.69, 9.17) is 0 Å². The third-order valence-corrected chi connectivity index (χ3v) is 4.41. The van der Waals surface area contributed by atoms with Crippen LogP contribution in [-0.2, 0) is 6.42 Å². The van der Waals surface area contributed by atoms with Crippen molar-refractivity contribution in [3.05, 3.63) is 60.2 Å². The van der Waals surface area contributed by atoms with Crippen LogP contribution in [0.3, 0.4) is 0 Å². The van der Waals surface area contributed by atoms with Crippen LogP contribution in [0.4, 0.5) is 0 Å². The maximum absolute atomic E-state index is 2.30. The quantitative estimate of drug-likeness (QED) is 0.433. The first-order chi connectivity index (χ1) is 9.90. The molecule has 1 aliphatic rings. The molecule has 1 aliphatic carbocycles. The molecule has 0 fully saturated rings. The number of hydrogen-bond donors (Lipinski definition) is 0. The summed E-state index contributed by atoms with van der Waals surface area (Å²) < 4.78 is 0. The SMILES string of the molecule is CCCCc1cccc2c1-c1cccc3cccc-2c13. The van der Waals surface area contributed by atoms with Gasteiger partial charge in [0.1, 0.15) is 0 Å². The van der Waals surface area contributed by atoms with E-state index >= 15 is 0 Å². The van der Waals surface area contributed by atoms with Crippen LogP contribution in [0.15, 0.2) is 54.6 Å². The molecule has 4 rings (SSSR count). The van der Waals surface area contributed by atoms with E-state index in [-0.39, 0.29) is 0 Å². The molecule has 0 saturated carbocycles. The van der Waals surface area contributed by atoms with E-state index in [0.29, 0.717) is 0 Å². The normalized spacial score (nSPS) is 11.8. The highest BCUT2D eigenvalue weighted by atomic mass is 14.3. The molecule has 0 bridgehead atoms. The molecule has 98 valence electrons. The van der Waals surface area contributed by atoms with Gasteiger partial charge in [-0.1, -0.05) is 67.9 Å². The first-order valence-corrected chi connectivity index (χ1v) is 7.54. The Balaban J connectivity index is 2.03. The summed E-state index contributed by atoms with van der Waals surface area (Å²) in [6.07, 6.45) is 3.70. The Morgan fingerprint density at radius 3 is 2.25 bits per heavy atom. The summed E-state index contributed by atoms with van der Waals surface area (Å²) in [4.78, 5) is 0. The molecular weight excluding hydrogens is 240 g/mol. The molecule has 0 spiro atoms. The molecule has 0 heterocycles. The minimum atomic E-state index is 1.18. The molecule has 0 saturated heterocycles. The second-order valence-corrected chi connectivity index (χ2v) is 5.65. The molecule has 3 aromatic rings. The van der Waals surface area contributed by atoms with Gasteiger partial charge in [0, 0.05) is 0 Å². The van der Waals surface area contributed by atoms with Crippen LogP contribution in [0.5, 0.6) is 0 Å². The molecule has 0 amide bonds. The van der Waals surface area contributed by atoms with Crippen molar-refractivity contribution in [2.24, 2.45) is 0 Å². The Kier molecular flexibility index (Phi) is 2.63. The summed E-state index contributed by atoms with van der Waals surface area (Å²) >= 11 is 0. The van der Waals surface area contributed by atoms with E-state index in [1.165, 1.54) is 57.9 Å². The monoisotopic (exact) mass is 258 g/mol. The van der Waals surface area contributed by atoms with Crippen LogP contribution in [0, 0.1) is 0 Å². The average molecular weight is 258 g/mol.